The van der Waals surface area contributed by atoms with Crippen LogP contribution < -0.4 is 10.2 Å². The number of amides is 2. The first-order valence-corrected chi connectivity index (χ1v) is 9.14. The Labute approximate surface area is 166 Å². The molecule has 1 aliphatic heterocycles. The van der Waals surface area contributed by atoms with Gasteiger partial charge >= 0.3 is 0 Å². The molecule has 0 spiro atoms. The normalized spacial score (nSPS) is 16.3. The van der Waals surface area contributed by atoms with E-state index in [4.69, 9.17) is 11.6 Å². The summed E-state index contributed by atoms with van der Waals surface area (Å²) in [7, 11) is 0. The number of fused-ring (bicyclic) bond motifs is 1. The molecule has 0 saturated carbocycles. The predicted molar refractivity (Wildman–Crippen MR) is 105 cm³/mol. The van der Waals surface area contributed by atoms with Crippen LogP contribution in [0.3, 0.4) is 0 Å². The zero-order valence-corrected chi connectivity index (χ0v) is 15.8. The Kier molecular flexibility index (Phi) is 4.79. The third-order valence-corrected chi connectivity index (χ3v) is 4.80. The highest BCUT2D eigenvalue weighted by Crippen LogP contribution is 2.31. The standard InChI is InChI=1S/C19H17ClN6O2/c1-12-10-17(27)21-15-8-4-5-9-16(15)26(12)18(28)11-25-23-19(22-24-25)13-6-2-3-7-14(13)20/h2-9,12H,10-11H2,1H3,(H,21,27)/t12-/m1/s1. The van der Waals surface area contributed by atoms with Crippen molar-refractivity contribution >= 4 is 34.8 Å². The molecule has 4 rings (SSSR count). The van der Waals surface area contributed by atoms with E-state index < -0.39 is 0 Å². The van der Waals surface area contributed by atoms with Gasteiger partial charge in [-0.3, -0.25) is 9.59 Å². The largest absolute Gasteiger partial charge is 0.324 e. The zero-order chi connectivity index (χ0) is 19.7. The summed E-state index contributed by atoms with van der Waals surface area (Å²) in [4.78, 5) is 28.0. The molecule has 0 radical (unpaired) electrons. The maximum absolute atomic E-state index is 13.0. The van der Waals surface area contributed by atoms with Crippen molar-refractivity contribution in [2.24, 2.45) is 0 Å². The quantitative estimate of drug-likeness (QED) is 0.734. The Morgan fingerprint density at radius 1 is 1.21 bits per heavy atom. The third kappa shape index (κ3) is 3.46. The van der Waals surface area contributed by atoms with Gasteiger partial charge in [-0.25, -0.2) is 0 Å². The van der Waals surface area contributed by atoms with Crippen molar-refractivity contribution in [3.63, 3.8) is 0 Å². The summed E-state index contributed by atoms with van der Waals surface area (Å²) in [6, 6.07) is 14.1. The molecule has 0 fully saturated rings. The highest BCUT2D eigenvalue weighted by molar-refractivity contribution is 6.33. The Morgan fingerprint density at radius 2 is 1.96 bits per heavy atom. The summed E-state index contributed by atoms with van der Waals surface area (Å²) in [6.07, 6.45) is 0.204. The number of para-hydroxylation sites is 2. The minimum absolute atomic E-state index is 0.107. The van der Waals surface area contributed by atoms with E-state index in [0.717, 1.165) is 0 Å². The minimum Gasteiger partial charge on any atom is -0.324 e. The smallest absolute Gasteiger partial charge is 0.250 e. The number of tetrazole rings is 1. The number of hydrogen-bond donors (Lipinski definition) is 1. The van der Waals surface area contributed by atoms with Crippen molar-refractivity contribution < 1.29 is 9.59 Å². The Hall–Kier alpha value is -3.26. The molecule has 142 valence electrons. The van der Waals surface area contributed by atoms with Gasteiger partial charge in [0.15, 0.2) is 0 Å². The first-order chi connectivity index (χ1) is 13.5. The van der Waals surface area contributed by atoms with Gasteiger partial charge in [0.1, 0.15) is 6.54 Å². The van der Waals surface area contributed by atoms with Crippen molar-refractivity contribution in [1.29, 1.82) is 0 Å². The van der Waals surface area contributed by atoms with Gasteiger partial charge in [0, 0.05) is 18.0 Å². The highest BCUT2D eigenvalue weighted by atomic mass is 35.5. The number of carbonyl (C=O) groups excluding carboxylic acids is 2. The van der Waals surface area contributed by atoms with E-state index in [0.29, 0.717) is 27.8 Å². The van der Waals surface area contributed by atoms with Crippen LogP contribution in [0.5, 0.6) is 0 Å². The van der Waals surface area contributed by atoms with Crippen molar-refractivity contribution in [1.82, 2.24) is 20.2 Å². The lowest BCUT2D eigenvalue weighted by molar-refractivity contribution is -0.120. The minimum atomic E-state index is -0.303. The fourth-order valence-corrected chi connectivity index (χ4v) is 3.45. The molecule has 0 aliphatic carbocycles. The molecule has 0 saturated heterocycles. The molecule has 1 atom stereocenters. The summed E-state index contributed by atoms with van der Waals surface area (Å²) in [5, 5.41) is 15.6. The van der Waals surface area contributed by atoms with E-state index in [2.05, 4.69) is 20.7 Å². The van der Waals surface area contributed by atoms with Gasteiger partial charge < -0.3 is 10.2 Å². The van der Waals surface area contributed by atoms with Crippen LogP contribution in [0.15, 0.2) is 48.5 Å². The number of aromatic nitrogens is 4. The molecule has 1 N–H and O–H groups in total. The summed E-state index contributed by atoms with van der Waals surface area (Å²) in [6.45, 7) is 1.73. The zero-order valence-electron chi connectivity index (χ0n) is 15.0. The fourth-order valence-electron chi connectivity index (χ4n) is 3.23. The average Bonchev–Trinajstić information content (AvgIpc) is 3.06. The molecule has 28 heavy (non-hydrogen) atoms. The van der Waals surface area contributed by atoms with E-state index >= 15 is 0 Å². The van der Waals surface area contributed by atoms with E-state index in [1.54, 1.807) is 29.2 Å². The summed E-state index contributed by atoms with van der Waals surface area (Å²) < 4.78 is 0. The molecule has 0 unspecified atom stereocenters. The molecule has 2 amide bonds. The second-order valence-corrected chi connectivity index (χ2v) is 6.91. The van der Waals surface area contributed by atoms with Gasteiger partial charge in [-0.2, -0.15) is 4.80 Å². The van der Waals surface area contributed by atoms with Crippen LogP contribution in [-0.4, -0.2) is 38.1 Å². The number of halogens is 1. The molecule has 1 aromatic heterocycles. The molecule has 2 heterocycles. The Morgan fingerprint density at radius 3 is 2.79 bits per heavy atom. The maximum Gasteiger partial charge on any atom is 0.250 e. The van der Waals surface area contributed by atoms with E-state index in [-0.39, 0.29) is 30.8 Å². The van der Waals surface area contributed by atoms with Crippen LogP contribution in [0, 0.1) is 0 Å². The summed E-state index contributed by atoms with van der Waals surface area (Å²) in [5.41, 5.74) is 1.90. The lowest BCUT2D eigenvalue weighted by Gasteiger charge is -2.27. The van der Waals surface area contributed by atoms with E-state index in [9.17, 15) is 9.59 Å². The number of nitrogens with one attached hydrogen (secondary N) is 1. The lowest BCUT2D eigenvalue weighted by Crippen LogP contribution is -2.41. The van der Waals surface area contributed by atoms with Crippen LogP contribution in [-0.2, 0) is 16.1 Å². The van der Waals surface area contributed by atoms with Crippen LogP contribution in [0.4, 0.5) is 11.4 Å². The summed E-state index contributed by atoms with van der Waals surface area (Å²) in [5.74, 6) is -0.0192. The number of anilines is 2. The lowest BCUT2D eigenvalue weighted by atomic mass is 10.1. The number of benzene rings is 2. The van der Waals surface area contributed by atoms with Crippen molar-refractivity contribution in [2.45, 2.75) is 25.9 Å². The SMILES string of the molecule is C[C@@H]1CC(=O)Nc2ccccc2N1C(=O)Cn1nnc(-c2ccccc2Cl)n1. The van der Waals surface area contributed by atoms with Crippen molar-refractivity contribution in [3.05, 3.63) is 53.6 Å². The molecule has 1 aliphatic rings. The van der Waals surface area contributed by atoms with Crippen LogP contribution >= 0.6 is 11.6 Å². The molecular formula is C19H17ClN6O2. The van der Waals surface area contributed by atoms with Gasteiger partial charge in [-0.05, 0) is 36.4 Å². The van der Waals surface area contributed by atoms with Gasteiger partial charge in [0.2, 0.25) is 11.7 Å². The van der Waals surface area contributed by atoms with Gasteiger partial charge in [0.25, 0.3) is 5.91 Å². The topological polar surface area (TPSA) is 93.0 Å². The van der Waals surface area contributed by atoms with Gasteiger partial charge in [-0.1, -0.05) is 35.9 Å². The van der Waals surface area contributed by atoms with Crippen LogP contribution in [0.25, 0.3) is 11.4 Å². The number of hydrogen-bond acceptors (Lipinski definition) is 5. The van der Waals surface area contributed by atoms with Crippen LogP contribution in [0.1, 0.15) is 13.3 Å². The summed E-state index contributed by atoms with van der Waals surface area (Å²) >= 11 is 6.17. The molecule has 2 aromatic carbocycles. The molecule has 9 heteroatoms. The molecule has 3 aromatic rings. The molecular weight excluding hydrogens is 380 g/mol. The average molecular weight is 397 g/mol. The number of rotatable bonds is 3. The van der Waals surface area contributed by atoms with E-state index in [1.165, 1.54) is 4.80 Å². The maximum atomic E-state index is 13.0. The first kappa shape index (κ1) is 18.1. The second kappa shape index (κ2) is 7.40. The van der Waals surface area contributed by atoms with Gasteiger partial charge in [-0.15, -0.1) is 10.2 Å². The second-order valence-electron chi connectivity index (χ2n) is 6.51. The predicted octanol–water partition coefficient (Wildman–Crippen LogP) is 2.76. The van der Waals surface area contributed by atoms with Crippen LogP contribution in [0.2, 0.25) is 5.02 Å². The number of nitrogens with zero attached hydrogens (tertiary/aromatic N) is 5. The third-order valence-electron chi connectivity index (χ3n) is 4.47. The van der Waals surface area contributed by atoms with Crippen molar-refractivity contribution in [3.8, 4) is 11.4 Å². The number of carbonyl (C=O) groups is 2. The fraction of sp³-hybridized carbons (Fsp3) is 0.211. The molecule has 8 nitrogen and oxygen atoms in total. The Balaban J connectivity index is 1.60. The van der Waals surface area contributed by atoms with Crippen molar-refractivity contribution in [2.75, 3.05) is 10.2 Å². The highest BCUT2D eigenvalue weighted by Gasteiger charge is 2.30. The Bertz CT molecular complexity index is 1050. The molecule has 0 bridgehead atoms. The first-order valence-electron chi connectivity index (χ1n) is 8.76. The monoisotopic (exact) mass is 396 g/mol. The van der Waals surface area contributed by atoms with Gasteiger partial charge in [0.05, 0.1) is 16.4 Å². The van der Waals surface area contributed by atoms with E-state index in [1.807, 2.05) is 31.2 Å².